The van der Waals surface area contributed by atoms with Crippen molar-refractivity contribution >= 4 is 23.5 Å². The third-order valence-electron chi connectivity index (χ3n) is 6.40. The third kappa shape index (κ3) is 4.99. The van der Waals surface area contributed by atoms with E-state index in [1.807, 2.05) is 4.90 Å². The summed E-state index contributed by atoms with van der Waals surface area (Å²) in [5.41, 5.74) is 1.04. The van der Waals surface area contributed by atoms with Crippen LogP contribution in [0.5, 0.6) is 5.75 Å². The first-order valence-corrected chi connectivity index (χ1v) is 11.1. The van der Waals surface area contributed by atoms with Crippen LogP contribution in [0.15, 0.2) is 18.2 Å². The summed E-state index contributed by atoms with van der Waals surface area (Å²) < 4.78 is 5.40. The number of carbonyl (C=O) groups is 3. The predicted molar refractivity (Wildman–Crippen MR) is 116 cm³/mol. The number of ether oxygens (including phenoxy) is 1. The molecule has 3 saturated heterocycles. The summed E-state index contributed by atoms with van der Waals surface area (Å²) in [4.78, 5) is 42.8. The minimum absolute atomic E-state index is 0.0296. The molecular weight excluding hydrogens is 398 g/mol. The summed E-state index contributed by atoms with van der Waals surface area (Å²) >= 11 is 0. The number of imide groups is 1. The van der Waals surface area contributed by atoms with Crippen molar-refractivity contribution in [1.82, 2.24) is 20.4 Å². The number of carbonyl (C=O) groups excluding carboxylic acids is 3. The van der Waals surface area contributed by atoms with E-state index in [1.165, 1.54) is 12.0 Å². The molecule has 0 aromatic heterocycles. The molecule has 2 N–H and O–H groups in total. The second-order valence-corrected chi connectivity index (χ2v) is 8.43. The normalized spacial score (nSPS) is 21.2. The number of methoxy groups -OCH3 is 1. The lowest BCUT2D eigenvalue weighted by atomic mass is 9.95. The van der Waals surface area contributed by atoms with Gasteiger partial charge in [-0.15, -0.1) is 0 Å². The molecule has 9 nitrogen and oxygen atoms in total. The average molecular weight is 430 g/mol. The second-order valence-electron chi connectivity index (χ2n) is 8.43. The summed E-state index contributed by atoms with van der Waals surface area (Å²) in [5.74, 6) is 0.799. The molecule has 9 heteroatoms. The zero-order valence-corrected chi connectivity index (χ0v) is 18.1. The Hall–Kier alpha value is -2.65. The molecule has 0 spiro atoms. The van der Waals surface area contributed by atoms with Gasteiger partial charge in [-0.25, -0.2) is 4.79 Å². The van der Waals surface area contributed by atoms with Crippen molar-refractivity contribution in [2.24, 2.45) is 5.92 Å². The molecule has 0 saturated carbocycles. The van der Waals surface area contributed by atoms with Gasteiger partial charge in [0.25, 0.3) is 5.91 Å². The predicted octanol–water partition coefficient (Wildman–Crippen LogP) is 0.899. The molecule has 0 radical (unpaired) electrons. The van der Waals surface area contributed by atoms with E-state index in [0.29, 0.717) is 22.9 Å². The Bertz CT molecular complexity index is 831. The van der Waals surface area contributed by atoms with Crippen LogP contribution in [0.1, 0.15) is 29.6 Å². The smallest absolute Gasteiger partial charge is 0.328 e. The van der Waals surface area contributed by atoms with Crippen molar-refractivity contribution in [3.63, 3.8) is 0 Å². The summed E-state index contributed by atoms with van der Waals surface area (Å²) in [5, 5.41) is 5.70. The van der Waals surface area contributed by atoms with Crippen LogP contribution in [0.3, 0.4) is 0 Å². The van der Waals surface area contributed by atoms with E-state index in [9.17, 15) is 14.4 Å². The molecule has 4 rings (SSSR count). The van der Waals surface area contributed by atoms with Gasteiger partial charge in [0.1, 0.15) is 5.75 Å². The molecule has 3 fully saturated rings. The molecule has 3 aliphatic heterocycles. The quantitative estimate of drug-likeness (QED) is 0.722. The zero-order valence-electron chi connectivity index (χ0n) is 18.1. The monoisotopic (exact) mass is 429 g/mol. The van der Waals surface area contributed by atoms with Crippen LogP contribution in [0, 0.1) is 5.92 Å². The van der Waals surface area contributed by atoms with Gasteiger partial charge < -0.3 is 19.9 Å². The minimum Gasteiger partial charge on any atom is -0.495 e. The number of piperidine rings is 1. The molecule has 3 heterocycles. The lowest BCUT2D eigenvalue weighted by Gasteiger charge is -2.36. The highest BCUT2D eigenvalue weighted by molar-refractivity contribution is 6.07. The van der Waals surface area contributed by atoms with Crippen LogP contribution in [0.4, 0.5) is 10.5 Å². The van der Waals surface area contributed by atoms with E-state index in [1.54, 1.807) is 18.2 Å². The fourth-order valence-corrected chi connectivity index (χ4v) is 4.59. The molecule has 0 aliphatic carbocycles. The third-order valence-corrected chi connectivity index (χ3v) is 6.40. The van der Waals surface area contributed by atoms with Crippen molar-refractivity contribution in [2.45, 2.75) is 19.3 Å². The first-order chi connectivity index (χ1) is 15.0. The van der Waals surface area contributed by atoms with Gasteiger partial charge in [-0.3, -0.25) is 19.8 Å². The summed E-state index contributed by atoms with van der Waals surface area (Å²) in [6.07, 6.45) is 2.23. The van der Waals surface area contributed by atoms with Crippen molar-refractivity contribution in [2.75, 3.05) is 64.4 Å². The van der Waals surface area contributed by atoms with Crippen molar-refractivity contribution in [1.29, 1.82) is 0 Å². The van der Waals surface area contributed by atoms with Gasteiger partial charge in [-0.2, -0.15) is 0 Å². The number of amides is 4. The molecule has 168 valence electrons. The van der Waals surface area contributed by atoms with Crippen molar-refractivity contribution < 1.29 is 19.1 Å². The Morgan fingerprint density at radius 1 is 1.10 bits per heavy atom. The first-order valence-electron chi connectivity index (χ1n) is 11.1. The molecule has 0 atom stereocenters. The largest absolute Gasteiger partial charge is 0.495 e. The van der Waals surface area contributed by atoms with Gasteiger partial charge in [0.05, 0.1) is 12.8 Å². The zero-order chi connectivity index (χ0) is 21.8. The molecule has 1 aromatic rings. The van der Waals surface area contributed by atoms with E-state index in [4.69, 9.17) is 4.74 Å². The van der Waals surface area contributed by atoms with Crippen LogP contribution in [-0.4, -0.2) is 87.1 Å². The number of nitrogens with one attached hydrogen (secondary N) is 2. The van der Waals surface area contributed by atoms with Crippen LogP contribution in [0.2, 0.25) is 0 Å². The first kappa shape index (κ1) is 21.6. The molecule has 0 bridgehead atoms. The molecule has 1 aromatic carbocycles. The van der Waals surface area contributed by atoms with Gasteiger partial charge in [-0.05, 0) is 37.0 Å². The summed E-state index contributed by atoms with van der Waals surface area (Å²) in [6.45, 7) is 7.17. The molecule has 0 unspecified atom stereocenters. The second kappa shape index (κ2) is 9.65. The minimum atomic E-state index is -0.493. The SMILES string of the molecule is COc1ccc(C(=O)N2CCC(CN3CCNCC3)CC2)cc1N1CCC(=O)NC1=O. The van der Waals surface area contributed by atoms with Crippen LogP contribution in [-0.2, 0) is 4.79 Å². The van der Waals surface area contributed by atoms with Crippen LogP contribution >= 0.6 is 0 Å². The van der Waals surface area contributed by atoms with E-state index in [2.05, 4.69) is 15.5 Å². The number of urea groups is 1. The number of anilines is 1. The highest BCUT2D eigenvalue weighted by Gasteiger charge is 2.29. The number of hydrogen-bond donors (Lipinski definition) is 2. The Labute approximate surface area is 182 Å². The highest BCUT2D eigenvalue weighted by atomic mass is 16.5. The fraction of sp³-hybridized carbons (Fsp3) is 0.591. The molecule has 31 heavy (non-hydrogen) atoms. The van der Waals surface area contributed by atoms with Gasteiger partial charge in [0, 0.05) is 64.3 Å². The number of nitrogens with zero attached hydrogens (tertiary/aromatic N) is 3. The highest BCUT2D eigenvalue weighted by Crippen LogP contribution is 2.31. The fourth-order valence-electron chi connectivity index (χ4n) is 4.59. The number of benzene rings is 1. The van der Waals surface area contributed by atoms with Gasteiger partial charge in [0.15, 0.2) is 0 Å². The maximum atomic E-state index is 13.2. The molecule has 4 amide bonds. The Balaban J connectivity index is 1.40. The number of hydrogen-bond acceptors (Lipinski definition) is 6. The Morgan fingerprint density at radius 3 is 2.52 bits per heavy atom. The van der Waals surface area contributed by atoms with Gasteiger partial charge in [0.2, 0.25) is 5.91 Å². The Morgan fingerprint density at radius 2 is 1.84 bits per heavy atom. The maximum absolute atomic E-state index is 13.2. The maximum Gasteiger partial charge on any atom is 0.328 e. The van der Waals surface area contributed by atoms with Crippen molar-refractivity contribution in [3.8, 4) is 5.75 Å². The summed E-state index contributed by atoms with van der Waals surface area (Å²) in [7, 11) is 1.52. The van der Waals surface area contributed by atoms with Crippen LogP contribution < -0.4 is 20.3 Å². The number of rotatable bonds is 5. The molecule has 3 aliphatic rings. The standard InChI is InChI=1S/C22H31N5O4/c1-31-19-3-2-17(14-18(19)27-11-6-20(28)24-22(27)30)21(29)26-9-4-16(5-10-26)15-25-12-7-23-8-13-25/h2-3,14,16,23H,4-13,15H2,1H3,(H,24,28,30). The summed E-state index contributed by atoms with van der Waals surface area (Å²) in [6, 6.07) is 4.66. The molecular formula is C22H31N5O4. The van der Waals surface area contributed by atoms with Gasteiger partial charge in [-0.1, -0.05) is 0 Å². The number of piperazine rings is 1. The average Bonchev–Trinajstić information content (AvgIpc) is 2.79. The number of likely N-dealkylation sites (tertiary alicyclic amines) is 1. The lowest BCUT2D eigenvalue weighted by Crippen LogP contribution is -2.49. The van der Waals surface area contributed by atoms with Gasteiger partial charge >= 0.3 is 6.03 Å². The Kier molecular flexibility index (Phi) is 6.72. The topological polar surface area (TPSA) is 94.2 Å². The van der Waals surface area contributed by atoms with E-state index < -0.39 is 6.03 Å². The van der Waals surface area contributed by atoms with E-state index in [-0.39, 0.29) is 24.8 Å². The lowest BCUT2D eigenvalue weighted by molar-refractivity contribution is -0.120. The van der Waals surface area contributed by atoms with Crippen LogP contribution in [0.25, 0.3) is 0 Å². The van der Waals surface area contributed by atoms with Crippen molar-refractivity contribution in [3.05, 3.63) is 23.8 Å². The van der Waals surface area contributed by atoms with E-state index >= 15 is 0 Å². The van der Waals surface area contributed by atoms with E-state index in [0.717, 1.165) is 58.7 Å².